The van der Waals surface area contributed by atoms with Crippen LogP contribution < -0.4 is 5.73 Å². The Kier molecular flexibility index (Phi) is 3.48. The highest BCUT2D eigenvalue weighted by Gasteiger charge is 2.19. The molecule has 3 N–H and O–H groups in total. The van der Waals surface area contributed by atoms with E-state index >= 15 is 0 Å². The van der Waals surface area contributed by atoms with Crippen molar-refractivity contribution in [2.24, 2.45) is 0 Å². The Bertz CT molecular complexity index is 1180. The van der Waals surface area contributed by atoms with E-state index in [0.717, 1.165) is 4.73 Å². The second kappa shape index (κ2) is 5.82. The van der Waals surface area contributed by atoms with Crippen LogP contribution in [-0.2, 0) is 0 Å². The maximum Gasteiger partial charge on any atom is 0.197 e. The third-order valence-corrected chi connectivity index (χ3v) is 3.93. The molecule has 8 heteroatoms. The Labute approximate surface area is 146 Å². The van der Waals surface area contributed by atoms with Gasteiger partial charge in [0.15, 0.2) is 11.5 Å². The molecule has 0 amide bonds. The lowest BCUT2D eigenvalue weighted by Crippen LogP contribution is -2.00. The standard InChI is InChI=1S/C18H11FN6O/c19-12-5-3-10(4-6-12)15-11(9-20)8-14-18(24-15)25(26)17(23-14)13-2-1-7-22-16(13)21/h1-8,26H,(H2,21,22). The smallest absolute Gasteiger partial charge is 0.197 e. The van der Waals surface area contributed by atoms with Crippen LogP contribution in [0.3, 0.4) is 0 Å². The number of nitrogens with zero attached hydrogens (tertiary/aromatic N) is 5. The molecule has 0 bridgehead atoms. The Hall–Kier alpha value is -3.99. The molecule has 0 aliphatic carbocycles. The second-order valence-electron chi connectivity index (χ2n) is 5.53. The number of aromatic nitrogens is 4. The molecule has 0 aliphatic heterocycles. The normalized spacial score (nSPS) is 10.8. The van der Waals surface area contributed by atoms with E-state index in [-0.39, 0.29) is 22.9 Å². The summed E-state index contributed by atoms with van der Waals surface area (Å²) in [4.78, 5) is 12.7. The van der Waals surface area contributed by atoms with E-state index in [0.29, 0.717) is 22.3 Å². The lowest BCUT2D eigenvalue weighted by molar-refractivity contribution is 0.201. The van der Waals surface area contributed by atoms with Gasteiger partial charge in [0.05, 0.1) is 16.8 Å². The highest BCUT2D eigenvalue weighted by molar-refractivity contribution is 5.84. The molecule has 4 rings (SSSR count). The quantitative estimate of drug-likeness (QED) is 0.539. The molecule has 0 unspecified atom stereocenters. The molecule has 3 heterocycles. The molecule has 26 heavy (non-hydrogen) atoms. The predicted molar refractivity (Wildman–Crippen MR) is 92.5 cm³/mol. The molecule has 0 spiro atoms. The molecule has 0 saturated carbocycles. The van der Waals surface area contributed by atoms with Crippen molar-refractivity contribution in [1.29, 1.82) is 5.26 Å². The molecular weight excluding hydrogens is 335 g/mol. The van der Waals surface area contributed by atoms with Crippen molar-refractivity contribution in [3.05, 3.63) is 60.0 Å². The van der Waals surface area contributed by atoms with Crippen molar-refractivity contribution in [2.45, 2.75) is 0 Å². The molecule has 4 aromatic rings. The van der Waals surface area contributed by atoms with Crippen LogP contribution in [0.4, 0.5) is 10.2 Å². The Balaban J connectivity index is 1.97. The van der Waals surface area contributed by atoms with Gasteiger partial charge < -0.3 is 10.9 Å². The zero-order chi connectivity index (χ0) is 18.3. The summed E-state index contributed by atoms with van der Waals surface area (Å²) in [6, 6.07) is 12.5. The van der Waals surface area contributed by atoms with Gasteiger partial charge in [0.25, 0.3) is 0 Å². The Morgan fingerprint density at radius 1 is 1.15 bits per heavy atom. The van der Waals surface area contributed by atoms with E-state index < -0.39 is 5.82 Å². The monoisotopic (exact) mass is 346 g/mol. The molecule has 0 fully saturated rings. The van der Waals surface area contributed by atoms with Crippen LogP contribution in [0.15, 0.2) is 48.7 Å². The number of hydrogen-bond acceptors (Lipinski definition) is 6. The van der Waals surface area contributed by atoms with Crippen LogP contribution in [0.2, 0.25) is 0 Å². The first-order chi connectivity index (χ1) is 12.6. The number of fused-ring (bicyclic) bond motifs is 1. The summed E-state index contributed by atoms with van der Waals surface area (Å²) in [5.41, 5.74) is 7.90. The Morgan fingerprint density at radius 2 is 1.92 bits per heavy atom. The van der Waals surface area contributed by atoms with Crippen LogP contribution in [0, 0.1) is 17.1 Å². The topological polar surface area (TPSA) is 114 Å². The molecule has 1 aromatic carbocycles. The summed E-state index contributed by atoms with van der Waals surface area (Å²) < 4.78 is 14.0. The van der Waals surface area contributed by atoms with Crippen molar-refractivity contribution >= 4 is 17.0 Å². The molecule has 0 aliphatic rings. The lowest BCUT2D eigenvalue weighted by Gasteiger charge is -2.05. The average Bonchev–Trinajstić information content (AvgIpc) is 2.97. The minimum Gasteiger partial charge on any atom is -0.425 e. The van der Waals surface area contributed by atoms with Gasteiger partial charge in [-0.05, 0) is 42.5 Å². The Morgan fingerprint density at radius 3 is 2.62 bits per heavy atom. The van der Waals surface area contributed by atoms with E-state index in [4.69, 9.17) is 5.73 Å². The first kappa shape index (κ1) is 15.5. The van der Waals surface area contributed by atoms with E-state index in [1.165, 1.54) is 36.5 Å². The molecule has 3 aromatic heterocycles. The van der Waals surface area contributed by atoms with Gasteiger partial charge in [-0.2, -0.15) is 5.26 Å². The summed E-state index contributed by atoms with van der Waals surface area (Å²) in [6.07, 6.45) is 1.53. The molecule has 0 radical (unpaired) electrons. The highest BCUT2D eigenvalue weighted by atomic mass is 19.1. The van der Waals surface area contributed by atoms with E-state index in [1.807, 2.05) is 0 Å². The molecular formula is C18H11FN6O. The number of nitrogen functional groups attached to an aromatic ring is 1. The van der Waals surface area contributed by atoms with Crippen molar-refractivity contribution in [3.63, 3.8) is 0 Å². The van der Waals surface area contributed by atoms with Gasteiger partial charge in [-0.1, -0.05) is 0 Å². The van der Waals surface area contributed by atoms with Gasteiger partial charge in [-0.15, -0.1) is 4.73 Å². The molecule has 0 atom stereocenters. The SMILES string of the molecule is N#Cc1cc2nc(-c3cccnc3N)n(O)c2nc1-c1ccc(F)cc1. The highest BCUT2D eigenvalue weighted by Crippen LogP contribution is 2.29. The van der Waals surface area contributed by atoms with Gasteiger partial charge >= 0.3 is 0 Å². The summed E-state index contributed by atoms with van der Waals surface area (Å²) in [5.74, 6) is -0.0227. The zero-order valence-corrected chi connectivity index (χ0v) is 13.3. The van der Waals surface area contributed by atoms with Gasteiger partial charge in [0, 0.05) is 11.8 Å². The third-order valence-electron chi connectivity index (χ3n) is 3.93. The number of halogens is 1. The number of anilines is 1. The van der Waals surface area contributed by atoms with Crippen LogP contribution in [-0.4, -0.2) is 24.9 Å². The summed E-state index contributed by atoms with van der Waals surface area (Å²) in [7, 11) is 0. The fourth-order valence-electron chi connectivity index (χ4n) is 2.69. The number of pyridine rings is 2. The molecule has 126 valence electrons. The fraction of sp³-hybridized carbons (Fsp3) is 0. The number of imidazole rings is 1. The zero-order valence-electron chi connectivity index (χ0n) is 13.3. The van der Waals surface area contributed by atoms with E-state index in [2.05, 4.69) is 21.0 Å². The van der Waals surface area contributed by atoms with Crippen LogP contribution in [0.25, 0.3) is 33.8 Å². The van der Waals surface area contributed by atoms with Crippen LogP contribution >= 0.6 is 0 Å². The second-order valence-corrected chi connectivity index (χ2v) is 5.53. The number of nitriles is 1. The van der Waals surface area contributed by atoms with E-state index in [9.17, 15) is 14.9 Å². The maximum atomic E-state index is 13.2. The van der Waals surface area contributed by atoms with Gasteiger partial charge in [-0.25, -0.2) is 19.3 Å². The predicted octanol–water partition coefficient (Wildman–Crippen LogP) is 2.99. The largest absolute Gasteiger partial charge is 0.425 e. The van der Waals surface area contributed by atoms with Crippen molar-refractivity contribution in [1.82, 2.24) is 19.7 Å². The van der Waals surface area contributed by atoms with Crippen LogP contribution in [0.1, 0.15) is 5.56 Å². The van der Waals surface area contributed by atoms with Crippen molar-refractivity contribution in [2.75, 3.05) is 5.73 Å². The first-order valence-corrected chi connectivity index (χ1v) is 7.58. The molecule has 0 saturated heterocycles. The minimum atomic E-state index is -0.394. The maximum absolute atomic E-state index is 13.2. The average molecular weight is 346 g/mol. The van der Waals surface area contributed by atoms with Crippen LogP contribution in [0.5, 0.6) is 0 Å². The first-order valence-electron chi connectivity index (χ1n) is 7.58. The van der Waals surface area contributed by atoms with Gasteiger partial charge in [-0.3, -0.25) is 0 Å². The van der Waals surface area contributed by atoms with E-state index in [1.54, 1.807) is 12.1 Å². The van der Waals surface area contributed by atoms with Crippen molar-refractivity contribution in [3.8, 4) is 28.7 Å². The summed E-state index contributed by atoms with van der Waals surface area (Å²) >= 11 is 0. The third kappa shape index (κ3) is 2.39. The summed E-state index contributed by atoms with van der Waals surface area (Å²) in [5, 5.41) is 20.0. The number of benzene rings is 1. The fourth-order valence-corrected chi connectivity index (χ4v) is 2.69. The van der Waals surface area contributed by atoms with Gasteiger partial charge in [0.1, 0.15) is 23.2 Å². The van der Waals surface area contributed by atoms with Gasteiger partial charge in [0.2, 0.25) is 0 Å². The number of hydrogen-bond donors (Lipinski definition) is 2. The number of rotatable bonds is 2. The number of nitrogens with two attached hydrogens (primary N) is 1. The minimum absolute atomic E-state index is 0.154. The lowest BCUT2D eigenvalue weighted by atomic mass is 10.1. The summed E-state index contributed by atoms with van der Waals surface area (Å²) in [6.45, 7) is 0. The molecule has 7 nitrogen and oxygen atoms in total. The van der Waals surface area contributed by atoms with Crippen molar-refractivity contribution < 1.29 is 9.60 Å².